The molecule has 0 N–H and O–H groups in total. The molecule has 0 unspecified atom stereocenters. The van der Waals surface area contributed by atoms with Gasteiger partial charge in [0.15, 0.2) is 0 Å². The molecule has 0 aromatic heterocycles. The van der Waals surface area contributed by atoms with E-state index in [-0.39, 0.29) is 24.2 Å². The summed E-state index contributed by atoms with van der Waals surface area (Å²) in [6.45, 7) is 5.04. The molecule has 0 spiro atoms. The molecule has 2 aliphatic rings. The molecule has 216 valence electrons. The van der Waals surface area contributed by atoms with Crippen molar-refractivity contribution in [2.75, 3.05) is 57.7 Å². The summed E-state index contributed by atoms with van der Waals surface area (Å²) >= 11 is 0. The van der Waals surface area contributed by atoms with Crippen molar-refractivity contribution in [3.05, 3.63) is 53.6 Å². The summed E-state index contributed by atoms with van der Waals surface area (Å²) in [4.78, 5) is 2.44. The predicted molar refractivity (Wildman–Crippen MR) is 148 cm³/mol. The van der Waals surface area contributed by atoms with Gasteiger partial charge in [0, 0.05) is 26.8 Å². The molecule has 10 nitrogen and oxygen atoms in total. The van der Waals surface area contributed by atoms with Crippen LogP contribution in [0.2, 0.25) is 0 Å². The molecule has 39 heavy (non-hydrogen) atoms. The quantitative estimate of drug-likeness (QED) is 0.275. The van der Waals surface area contributed by atoms with Gasteiger partial charge in [0.05, 0.1) is 48.7 Å². The molecule has 2 aliphatic heterocycles. The maximum absolute atomic E-state index is 13.6. The SMILES string of the molecule is COCCCN1CCOc2ccc(CO[C@@H]3CC[C@@H](COS(C)(=O)=O)N(S(=O)(=O)c4ccc(C)cc4)C3)cc21. The minimum absolute atomic E-state index is 0.102. The van der Waals surface area contributed by atoms with Crippen molar-refractivity contribution in [2.24, 2.45) is 0 Å². The molecule has 0 aliphatic carbocycles. The minimum atomic E-state index is -3.90. The van der Waals surface area contributed by atoms with Crippen LogP contribution in [0.15, 0.2) is 47.4 Å². The lowest BCUT2D eigenvalue weighted by Gasteiger charge is -2.38. The third-order valence-corrected chi connectivity index (χ3v) is 9.46. The van der Waals surface area contributed by atoms with Crippen LogP contribution in [0.25, 0.3) is 0 Å². The second-order valence-electron chi connectivity index (χ2n) is 10.0. The number of hydrogen-bond donors (Lipinski definition) is 0. The monoisotopic (exact) mass is 582 g/mol. The maximum atomic E-state index is 13.6. The summed E-state index contributed by atoms with van der Waals surface area (Å²) in [5, 5.41) is 0. The van der Waals surface area contributed by atoms with E-state index in [0.29, 0.717) is 32.7 Å². The Morgan fingerprint density at radius 3 is 2.54 bits per heavy atom. The fourth-order valence-corrected chi connectivity index (χ4v) is 6.94. The van der Waals surface area contributed by atoms with Gasteiger partial charge in [-0.05, 0) is 56.0 Å². The second-order valence-corrected chi connectivity index (χ2v) is 13.6. The van der Waals surface area contributed by atoms with Crippen LogP contribution in [0.3, 0.4) is 0 Å². The lowest BCUT2D eigenvalue weighted by molar-refractivity contribution is -0.00992. The Morgan fingerprint density at radius 2 is 1.82 bits per heavy atom. The average molecular weight is 583 g/mol. The molecule has 0 bridgehead atoms. The van der Waals surface area contributed by atoms with Crippen LogP contribution >= 0.6 is 0 Å². The van der Waals surface area contributed by atoms with Crippen molar-refractivity contribution in [3.63, 3.8) is 0 Å². The highest BCUT2D eigenvalue weighted by atomic mass is 32.2. The van der Waals surface area contributed by atoms with E-state index in [1.807, 2.05) is 19.1 Å². The van der Waals surface area contributed by atoms with Crippen LogP contribution in [0.1, 0.15) is 30.4 Å². The van der Waals surface area contributed by atoms with Crippen molar-refractivity contribution in [1.82, 2.24) is 4.31 Å². The standard InChI is InChI=1S/C27H38N2O8S2/c1-21-5-10-25(11-6-21)39(32,33)29-18-24(9-8-23(29)20-37-38(3,30)31)36-19-22-7-12-27-26(17-22)28(14-16-35-27)13-4-15-34-2/h5-7,10-12,17,23-24H,4,8-9,13-16,18-20H2,1-3H3/t23-,24+/m0/s1. The topological polar surface area (TPSA) is 112 Å². The number of piperidine rings is 1. The number of nitrogens with zero attached hydrogens (tertiary/aromatic N) is 2. The van der Waals surface area contributed by atoms with Gasteiger partial charge in [-0.15, -0.1) is 0 Å². The highest BCUT2D eigenvalue weighted by molar-refractivity contribution is 7.89. The summed E-state index contributed by atoms with van der Waals surface area (Å²) in [7, 11) is -5.92. The van der Waals surface area contributed by atoms with E-state index >= 15 is 0 Å². The molecule has 4 rings (SSSR count). The fraction of sp³-hybridized carbons (Fsp3) is 0.556. The lowest BCUT2D eigenvalue weighted by atomic mass is 10.0. The zero-order valence-electron chi connectivity index (χ0n) is 22.7. The van der Waals surface area contributed by atoms with E-state index in [1.54, 1.807) is 31.4 Å². The summed E-state index contributed by atoms with van der Waals surface area (Å²) in [6.07, 6.45) is 2.51. The van der Waals surface area contributed by atoms with Gasteiger partial charge in [0.1, 0.15) is 12.4 Å². The first kappa shape index (κ1) is 29.8. The Balaban J connectivity index is 1.47. The lowest BCUT2D eigenvalue weighted by Crippen LogP contribution is -2.51. The van der Waals surface area contributed by atoms with Crippen LogP contribution in [-0.2, 0) is 40.4 Å². The number of hydrogen-bond acceptors (Lipinski definition) is 9. The van der Waals surface area contributed by atoms with E-state index in [1.165, 1.54) is 4.31 Å². The van der Waals surface area contributed by atoms with Gasteiger partial charge in [-0.25, -0.2) is 8.42 Å². The Hall–Kier alpha value is -2.22. The van der Waals surface area contributed by atoms with Crippen molar-refractivity contribution >= 4 is 25.8 Å². The smallest absolute Gasteiger partial charge is 0.264 e. The first-order valence-corrected chi connectivity index (χ1v) is 16.4. The Kier molecular flexibility index (Phi) is 9.89. The Labute approximate surface area is 232 Å². The predicted octanol–water partition coefficient (Wildman–Crippen LogP) is 2.95. The van der Waals surface area contributed by atoms with E-state index < -0.39 is 26.2 Å². The number of sulfonamides is 1. The Bertz CT molecular complexity index is 1320. The molecule has 1 saturated heterocycles. The first-order valence-electron chi connectivity index (χ1n) is 13.1. The van der Waals surface area contributed by atoms with Gasteiger partial charge >= 0.3 is 0 Å². The number of fused-ring (bicyclic) bond motifs is 1. The number of methoxy groups -OCH3 is 1. The molecule has 0 radical (unpaired) electrons. The number of aryl methyl sites for hydroxylation is 1. The normalized spacial score (nSPS) is 20.4. The highest BCUT2D eigenvalue weighted by Crippen LogP contribution is 2.33. The summed E-state index contributed by atoms with van der Waals surface area (Å²) in [5.74, 6) is 0.837. The Morgan fingerprint density at radius 1 is 1.05 bits per heavy atom. The van der Waals surface area contributed by atoms with E-state index in [0.717, 1.165) is 48.3 Å². The third-order valence-electron chi connectivity index (χ3n) is 6.96. The number of ether oxygens (including phenoxy) is 3. The van der Waals surface area contributed by atoms with Crippen molar-refractivity contribution < 1.29 is 35.2 Å². The number of anilines is 1. The molecule has 2 atom stereocenters. The summed E-state index contributed by atoms with van der Waals surface area (Å²) < 4.78 is 74.0. The van der Waals surface area contributed by atoms with Gasteiger partial charge in [-0.3, -0.25) is 4.18 Å². The average Bonchev–Trinajstić information content (AvgIpc) is 2.91. The van der Waals surface area contributed by atoms with E-state index in [9.17, 15) is 16.8 Å². The van der Waals surface area contributed by atoms with Crippen molar-refractivity contribution in [2.45, 2.75) is 49.8 Å². The maximum Gasteiger partial charge on any atom is 0.264 e. The third kappa shape index (κ3) is 7.92. The van der Waals surface area contributed by atoms with Crippen molar-refractivity contribution in [3.8, 4) is 5.75 Å². The second kappa shape index (κ2) is 13.0. The summed E-state index contributed by atoms with van der Waals surface area (Å²) in [6, 6.07) is 12.0. The fourth-order valence-electron chi connectivity index (χ4n) is 4.86. The molecule has 0 saturated carbocycles. The van der Waals surface area contributed by atoms with Crippen LogP contribution in [0.5, 0.6) is 5.75 Å². The van der Waals surface area contributed by atoms with E-state index in [4.69, 9.17) is 18.4 Å². The van der Waals surface area contributed by atoms with Gasteiger partial charge in [-0.2, -0.15) is 12.7 Å². The van der Waals surface area contributed by atoms with Crippen molar-refractivity contribution in [1.29, 1.82) is 0 Å². The molecular weight excluding hydrogens is 544 g/mol. The molecule has 1 fully saturated rings. The number of rotatable bonds is 12. The van der Waals surface area contributed by atoms with Crippen LogP contribution in [0, 0.1) is 6.92 Å². The van der Waals surface area contributed by atoms with Gasteiger partial charge < -0.3 is 19.1 Å². The highest BCUT2D eigenvalue weighted by Gasteiger charge is 2.38. The molecule has 2 heterocycles. The molecule has 2 aromatic rings. The molecule has 12 heteroatoms. The molecule has 0 amide bonds. The molecular formula is C27H38N2O8S2. The number of benzene rings is 2. The van der Waals surface area contributed by atoms with Crippen LogP contribution in [-0.4, -0.2) is 86.1 Å². The van der Waals surface area contributed by atoms with Gasteiger partial charge in [0.25, 0.3) is 10.1 Å². The zero-order valence-corrected chi connectivity index (χ0v) is 24.4. The minimum Gasteiger partial charge on any atom is -0.490 e. The van der Waals surface area contributed by atoms with Gasteiger partial charge in [0.2, 0.25) is 10.0 Å². The molecule has 2 aromatic carbocycles. The summed E-state index contributed by atoms with van der Waals surface area (Å²) in [5.41, 5.74) is 2.92. The van der Waals surface area contributed by atoms with Crippen LogP contribution < -0.4 is 9.64 Å². The largest absolute Gasteiger partial charge is 0.490 e. The van der Waals surface area contributed by atoms with Gasteiger partial charge in [-0.1, -0.05) is 23.8 Å². The van der Waals surface area contributed by atoms with E-state index in [2.05, 4.69) is 11.0 Å². The van der Waals surface area contributed by atoms with Crippen LogP contribution in [0.4, 0.5) is 5.69 Å². The first-order chi connectivity index (χ1) is 18.6. The zero-order chi connectivity index (χ0) is 28.0.